The lowest BCUT2D eigenvalue weighted by atomic mass is 10.2. The molecular weight excluding hydrogens is 518 g/mol. The van der Waals surface area contributed by atoms with Gasteiger partial charge in [-0.25, -0.2) is 4.68 Å². The van der Waals surface area contributed by atoms with Crippen molar-refractivity contribution in [1.82, 2.24) is 24.4 Å². The van der Waals surface area contributed by atoms with Gasteiger partial charge in [0.25, 0.3) is 5.56 Å². The van der Waals surface area contributed by atoms with Crippen LogP contribution in [0.15, 0.2) is 87.6 Å². The van der Waals surface area contributed by atoms with E-state index < -0.39 is 0 Å². The molecule has 0 saturated carbocycles. The first-order valence-corrected chi connectivity index (χ1v) is 12.5. The van der Waals surface area contributed by atoms with Crippen LogP contribution in [-0.2, 0) is 0 Å². The standard InChI is InChI=1S/C24H14BrN5OS2/c25-17-10-8-15(9-11-17)22-26-24-30(28-22)23(31)20(33-24)13-16-14-29(18-5-2-1-3-6-18)27-21(16)19-7-4-12-32-19/h1-14H. The van der Waals surface area contributed by atoms with Gasteiger partial charge in [0.2, 0.25) is 4.96 Å². The quantitative estimate of drug-likeness (QED) is 0.319. The summed E-state index contributed by atoms with van der Waals surface area (Å²) in [6.45, 7) is 0. The summed E-state index contributed by atoms with van der Waals surface area (Å²) >= 11 is 6.37. The minimum Gasteiger partial charge on any atom is -0.266 e. The van der Waals surface area contributed by atoms with Crippen LogP contribution in [0, 0.1) is 0 Å². The Balaban J connectivity index is 1.47. The summed E-state index contributed by atoms with van der Waals surface area (Å²) in [7, 11) is 0. The zero-order chi connectivity index (χ0) is 22.4. The Morgan fingerprint density at radius 1 is 0.939 bits per heavy atom. The van der Waals surface area contributed by atoms with Gasteiger partial charge in [-0.15, -0.1) is 16.4 Å². The first-order chi connectivity index (χ1) is 16.2. The van der Waals surface area contributed by atoms with Crippen LogP contribution in [0.5, 0.6) is 0 Å². The molecule has 9 heteroatoms. The maximum Gasteiger partial charge on any atom is 0.291 e. The number of hydrogen-bond donors (Lipinski definition) is 0. The fourth-order valence-corrected chi connectivity index (χ4v) is 5.40. The lowest BCUT2D eigenvalue weighted by molar-refractivity contribution is 0.885. The number of fused-ring (bicyclic) bond motifs is 1. The lowest BCUT2D eigenvalue weighted by Crippen LogP contribution is -2.23. The topological polar surface area (TPSA) is 65.1 Å². The number of aromatic nitrogens is 5. The molecule has 0 atom stereocenters. The Hall–Kier alpha value is -3.40. The highest BCUT2D eigenvalue weighted by Gasteiger charge is 2.15. The highest BCUT2D eigenvalue weighted by atomic mass is 79.9. The lowest BCUT2D eigenvalue weighted by Gasteiger charge is -1.99. The van der Waals surface area contributed by atoms with Crippen LogP contribution < -0.4 is 10.1 Å². The molecule has 0 aliphatic heterocycles. The van der Waals surface area contributed by atoms with E-state index in [-0.39, 0.29) is 5.56 Å². The van der Waals surface area contributed by atoms with Crippen molar-refractivity contribution in [3.63, 3.8) is 0 Å². The third-order valence-electron chi connectivity index (χ3n) is 5.09. The highest BCUT2D eigenvalue weighted by Crippen LogP contribution is 2.28. The van der Waals surface area contributed by atoms with Gasteiger partial charge in [-0.3, -0.25) is 4.79 Å². The van der Waals surface area contributed by atoms with E-state index in [0.29, 0.717) is 15.3 Å². The van der Waals surface area contributed by atoms with Crippen molar-refractivity contribution >= 4 is 49.6 Å². The zero-order valence-electron chi connectivity index (χ0n) is 16.9. The van der Waals surface area contributed by atoms with E-state index in [2.05, 4.69) is 26.0 Å². The molecule has 160 valence electrons. The number of nitrogens with zero attached hydrogens (tertiary/aromatic N) is 5. The monoisotopic (exact) mass is 531 g/mol. The van der Waals surface area contributed by atoms with Gasteiger partial charge in [-0.05, 0) is 41.8 Å². The zero-order valence-corrected chi connectivity index (χ0v) is 20.1. The van der Waals surface area contributed by atoms with E-state index in [0.717, 1.165) is 31.9 Å². The number of para-hydroxylation sites is 1. The van der Waals surface area contributed by atoms with Gasteiger partial charge >= 0.3 is 0 Å². The van der Waals surface area contributed by atoms with E-state index in [9.17, 15) is 4.79 Å². The average Bonchev–Trinajstić information content (AvgIpc) is 3.62. The Labute approximate surface area is 204 Å². The molecule has 4 heterocycles. The van der Waals surface area contributed by atoms with Crippen molar-refractivity contribution in [2.45, 2.75) is 0 Å². The molecule has 0 amide bonds. The summed E-state index contributed by atoms with van der Waals surface area (Å²) < 4.78 is 4.76. The van der Waals surface area contributed by atoms with Crippen molar-refractivity contribution < 1.29 is 0 Å². The first-order valence-electron chi connectivity index (χ1n) is 10.0. The van der Waals surface area contributed by atoms with Crippen molar-refractivity contribution in [3.05, 3.63) is 103 Å². The average molecular weight is 532 g/mol. The van der Waals surface area contributed by atoms with E-state index in [1.165, 1.54) is 15.9 Å². The number of thiophene rings is 1. The van der Waals surface area contributed by atoms with Crippen LogP contribution in [0.2, 0.25) is 0 Å². The first kappa shape index (κ1) is 20.2. The molecule has 0 aliphatic carbocycles. The number of rotatable bonds is 4. The Bertz CT molecular complexity index is 1680. The van der Waals surface area contributed by atoms with Crippen molar-refractivity contribution in [3.8, 4) is 27.6 Å². The van der Waals surface area contributed by atoms with Gasteiger partial charge in [0.15, 0.2) is 5.82 Å². The van der Waals surface area contributed by atoms with Gasteiger partial charge in [0, 0.05) is 21.8 Å². The van der Waals surface area contributed by atoms with Crippen molar-refractivity contribution in [2.75, 3.05) is 0 Å². The molecule has 0 N–H and O–H groups in total. The summed E-state index contributed by atoms with van der Waals surface area (Å²) in [5, 5.41) is 11.3. The van der Waals surface area contributed by atoms with Gasteiger partial charge in [0.05, 0.1) is 15.1 Å². The van der Waals surface area contributed by atoms with Gasteiger partial charge in [0.1, 0.15) is 5.69 Å². The molecule has 33 heavy (non-hydrogen) atoms. The molecule has 0 bridgehead atoms. The molecule has 0 aliphatic rings. The second-order valence-corrected chi connectivity index (χ2v) is 10.1. The minimum absolute atomic E-state index is 0.185. The van der Waals surface area contributed by atoms with Crippen LogP contribution >= 0.6 is 38.6 Å². The predicted octanol–water partition coefficient (Wildman–Crippen LogP) is 5.04. The van der Waals surface area contributed by atoms with E-state index in [1.54, 1.807) is 11.3 Å². The molecule has 0 spiro atoms. The maximum atomic E-state index is 13.1. The van der Waals surface area contributed by atoms with Crippen molar-refractivity contribution in [2.24, 2.45) is 0 Å². The smallest absolute Gasteiger partial charge is 0.266 e. The molecule has 4 aromatic heterocycles. The molecule has 0 unspecified atom stereocenters. The number of benzene rings is 2. The summed E-state index contributed by atoms with van der Waals surface area (Å²) in [5.74, 6) is 0.536. The van der Waals surface area contributed by atoms with Crippen molar-refractivity contribution in [1.29, 1.82) is 0 Å². The Morgan fingerprint density at radius 2 is 1.76 bits per heavy atom. The Morgan fingerprint density at radius 3 is 2.48 bits per heavy atom. The van der Waals surface area contributed by atoms with E-state index in [1.807, 2.05) is 89.1 Å². The Kier molecular flexibility index (Phi) is 5.01. The molecule has 6 aromatic rings. The van der Waals surface area contributed by atoms with Crippen LogP contribution in [0.1, 0.15) is 5.56 Å². The van der Waals surface area contributed by atoms with Gasteiger partial charge in [-0.1, -0.05) is 63.7 Å². The minimum atomic E-state index is -0.185. The maximum absolute atomic E-state index is 13.1. The summed E-state index contributed by atoms with van der Waals surface area (Å²) in [6, 6.07) is 21.7. The second kappa shape index (κ2) is 8.18. The molecule has 0 saturated heterocycles. The predicted molar refractivity (Wildman–Crippen MR) is 136 cm³/mol. The molecule has 0 radical (unpaired) electrons. The highest BCUT2D eigenvalue weighted by molar-refractivity contribution is 9.10. The molecule has 2 aromatic carbocycles. The third kappa shape index (κ3) is 3.74. The number of hydrogen-bond acceptors (Lipinski definition) is 6. The van der Waals surface area contributed by atoms with Crippen LogP contribution in [0.3, 0.4) is 0 Å². The van der Waals surface area contributed by atoms with Gasteiger partial charge in [-0.2, -0.15) is 14.6 Å². The van der Waals surface area contributed by atoms with Crippen LogP contribution in [0.4, 0.5) is 0 Å². The number of halogens is 1. The fourth-order valence-electron chi connectivity index (χ4n) is 3.51. The molecule has 0 fully saturated rings. The fraction of sp³-hybridized carbons (Fsp3) is 0. The van der Waals surface area contributed by atoms with E-state index in [4.69, 9.17) is 5.10 Å². The number of thiazole rings is 1. The summed E-state index contributed by atoms with van der Waals surface area (Å²) in [5.41, 5.74) is 3.34. The normalized spacial score (nSPS) is 12.1. The van der Waals surface area contributed by atoms with Gasteiger partial charge < -0.3 is 0 Å². The second-order valence-electron chi connectivity index (χ2n) is 7.24. The molecular formula is C24H14BrN5OS2. The third-order valence-corrected chi connectivity index (χ3v) is 7.45. The molecule has 6 nitrogen and oxygen atoms in total. The molecule has 6 rings (SSSR count). The summed E-state index contributed by atoms with van der Waals surface area (Å²) in [6.07, 6.45) is 3.83. The van der Waals surface area contributed by atoms with Crippen LogP contribution in [-0.4, -0.2) is 24.4 Å². The van der Waals surface area contributed by atoms with Crippen LogP contribution in [0.25, 0.3) is 38.7 Å². The summed E-state index contributed by atoms with van der Waals surface area (Å²) in [4.78, 5) is 19.3. The SMILES string of the molecule is O=c1c(=Cc2cn(-c3ccccc3)nc2-c2cccs2)sc2nc(-c3ccc(Br)cc3)nn12. The van der Waals surface area contributed by atoms with E-state index >= 15 is 0 Å². The largest absolute Gasteiger partial charge is 0.291 e.